The number of sulfonamides is 1. The van der Waals surface area contributed by atoms with E-state index in [0.717, 1.165) is 37.0 Å². The van der Waals surface area contributed by atoms with Crippen molar-refractivity contribution in [3.8, 4) is 0 Å². The van der Waals surface area contributed by atoms with Crippen LogP contribution in [0.15, 0.2) is 29.0 Å². The van der Waals surface area contributed by atoms with Gasteiger partial charge in [-0.3, -0.25) is 0 Å². The Morgan fingerprint density at radius 1 is 1.32 bits per heavy atom. The fourth-order valence-electron chi connectivity index (χ4n) is 2.83. The van der Waals surface area contributed by atoms with Gasteiger partial charge in [-0.05, 0) is 44.2 Å². The second-order valence-electron chi connectivity index (χ2n) is 5.58. The average molecular weight is 340 g/mol. The predicted molar refractivity (Wildman–Crippen MR) is 85.3 cm³/mol. The molecule has 0 atom stereocenters. The lowest BCUT2D eigenvalue weighted by atomic mass is 9.92. The normalized spacial score (nSPS) is 22.8. The Bertz CT molecular complexity index is 701. The van der Waals surface area contributed by atoms with Gasteiger partial charge in [-0.25, -0.2) is 22.8 Å². The Morgan fingerprint density at radius 3 is 2.68 bits per heavy atom. The monoisotopic (exact) mass is 340 g/mol. The maximum Gasteiger partial charge on any atom is 0.250 e. The Morgan fingerprint density at radius 2 is 2.09 bits per heavy atom. The molecular formula is C14H20N4O2S2. The number of thiophene rings is 1. The van der Waals surface area contributed by atoms with Crippen LogP contribution >= 0.6 is 11.3 Å². The zero-order valence-electron chi connectivity index (χ0n) is 12.5. The molecule has 0 radical (unpaired) electrons. The van der Waals surface area contributed by atoms with Gasteiger partial charge in [0.2, 0.25) is 10.0 Å². The van der Waals surface area contributed by atoms with E-state index in [-0.39, 0.29) is 6.04 Å². The van der Waals surface area contributed by atoms with Crippen molar-refractivity contribution < 1.29 is 8.42 Å². The van der Waals surface area contributed by atoms with Gasteiger partial charge in [0.25, 0.3) is 0 Å². The van der Waals surface area contributed by atoms with Crippen molar-refractivity contribution in [3.05, 3.63) is 29.7 Å². The summed E-state index contributed by atoms with van der Waals surface area (Å²) in [7, 11) is -3.39. The molecule has 8 heteroatoms. The number of nitrogens with zero attached hydrogens (tertiary/aromatic N) is 3. The molecule has 3 rings (SSSR count). The second-order valence-corrected chi connectivity index (χ2v) is 8.69. The van der Waals surface area contributed by atoms with Crippen molar-refractivity contribution in [2.75, 3.05) is 0 Å². The fraction of sp³-hybridized carbons (Fsp3) is 0.571. The van der Waals surface area contributed by atoms with Crippen molar-refractivity contribution in [1.82, 2.24) is 19.5 Å². The van der Waals surface area contributed by atoms with E-state index in [9.17, 15) is 8.42 Å². The molecule has 0 saturated heterocycles. The molecule has 1 saturated carbocycles. The molecule has 1 aliphatic carbocycles. The third-order valence-electron chi connectivity index (χ3n) is 4.08. The van der Waals surface area contributed by atoms with Gasteiger partial charge in [0, 0.05) is 10.9 Å². The third kappa shape index (κ3) is 3.39. The molecule has 22 heavy (non-hydrogen) atoms. The van der Waals surface area contributed by atoms with Gasteiger partial charge in [-0.2, -0.15) is 5.10 Å². The van der Waals surface area contributed by atoms with Crippen molar-refractivity contribution in [2.24, 2.45) is 0 Å². The molecule has 0 amide bonds. The summed E-state index contributed by atoms with van der Waals surface area (Å²) in [6.45, 7) is 2.03. The Labute approximate surface area is 134 Å². The lowest BCUT2D eigenvalue weighted by Crippen LogP contribution is -2.37. The van der Waals surface area contributed by atoms with Gasteiger partial charge in [0.1, 0.15) is 16.9 Å². The van der Waals surface area contributed by atoms with E-state index >= 15 is 0 Å². The SMILES string of the molecule is CCc1ccc(S(=O)(=O)NC2CCC(n3cncn3)CC2)s1. The van der Waals surface area contributed by atoms with Crippen LogP contribution in [-0.4, -0.2) is 29.2 Å². The zero-order valence-corrected chi connectivity index (χ0v) is 14.1. The van der Waals surface area contributed by atoms with Crippen molar-refractivity contribution in [2.45, 2.75) is 55.3 Å². The largest absolute Gasteiger partial charge is 0.250 e. The van der Waals surface area contributed by atoms with Crippen LogP contribution in [0.5, 0.6) is 0 Å². The van der Waals surface area contributed by atoms with Crippen LogP contribution in [0.4, 0.5) is 0 Å². The molecule has 0 aromatic carbocycles. The van der Waals surface area contributed by atoms with Crippen molar-refractivity contribution >= 4 is 21.4 Å². The van der Waals surface area contributed by atoms with E-state index in [1.54, 1.807) is 12.4 Å². The van der Waals surface area contributed by atoms with Crippen LogP contribution in [0, 0.1) is 0 Å². The second kappa shape index (κ2) is 6.47. The Kier molecular flexibility index (Phi) is 4.60. The number of hydrogen-bond acceptors (Lipinski definition) is 5. The first-order chi connectivity index (χ1) is 10.6. The van der Waals surface area contributed by atoms with E-state index in [2.05, 4.69) is 14.8 Å². The number of hydrogen-bond donors (Lipinski definition) is 1. The molecule has 120 valence electrons. The van der Waals surface area contributed by atoms with Gasteiger partial charge in [-0.1, -0.05) is 6.92 Å². The molecular weight excluding hydrogens is 320 g/mol. The first kappa shape index (κ1) is 15.6. The summed E-state index contributed by atoms with van der Waals surface area (Å²) in [5.74, 6) is 0. The Hall–Kier alpha value is -1.25. The summed E-state index contributed by atoms with van der Waals surface area (Å²) in [5.41, 5.74) is 0. The van der Waals surface area contributed by atoms with Crippen LogP contribution in [0.2, 0.25) is 0 Å². The molecule has 1 aliphatic rings. The molecule has 0 spiro atoms. The minimum absolute atomic E-state index is 0.0111. The predicted octanol–water partition coefficient (Wildman–Crippen LogP) is 2.36. The molecule has 2 heterocycles. The fourth-order valence-corrected chi connectivity index (χ4v) is 5.45. The lowest BCUT2D eigenvalue weighted by Gasteiger charge is -2.28. The van der Waals surface area contributed by atoms with Crippen LogP contribution in [0.3, 0.4) is 0 Å². The molecule has 2 aromatic rings. The topological polar surface area (TPSA) is 76.9 Å². The smallest absolute Gasteiger partial charge is 0.250 e. The standard InChI is InChI=1S/C14H20N4O2S2/c1-2-13-7-8-14(21-13)22(19,20)17-11-3-5-12(6-4-11)18-10-15-9-16-18/h7-12,17H,2-6H2,1H3. The number of nitrogens with one attached hydrogen (secondary N) is 1. The maximum absolute atomic E-state index is 12.4. The average Bonchev–Trinajstić information content (AvgIpc) is 3.19. The first-order valence-electron chi connectivity index (χ1n) is 7.53. The quantitative estimate of drug-likeness (QED) is 0.906. The zero-order chi connectivity index (χ0) is 15.6. The number of aromatic nitrogens is 3. The molecule has 0 bridgehead atoms. The maximum atomic E-state index is 12.4. The summed E-state index contributed by atoms with van der Waals surface area (Å²) in [5, 5.41) is 4.17. The summed E-state index contributed by atoms with van der Waals surface area (Å²) in [6.07, 6.45) is 7.63. The lowest BCUT2D eigenvalue weighted by molar-refractivity contribution is 0.293. The van der Waals surface area contributed by atoms with Gasteiger partial charge in [-0.15, -0.1) is 11.3 Å². The minimum atomic E-state index is -3.39. The summed E-state index contributed by atoms with van der Waals surface area (Å²) < 4.78 is 30.0. The van der Waals surface area contributed by atoms with Gasteiger partial charge in [0.05, 0.1) is 6.04 Å². The Balaban J connectivity index is 1.60. The molecule has 0 unspecified atom stereocenters. The van der Waals surface area contributed by atoms with Gasteiger partial charge >= 0.3 is 0 Å². The van der Waals surface area contributed by atoms with Crippen LogP contribution < -0.4 is 4.72 Å². The van der Waals surface area contributed by atoms with E-state index in [0.29, 0.717) is 10.3 Å². The highest BCUT2D eigenvalue weighted by molar-refractivity contribution is 7.91. The third-order valence-corrected chi connectivity index (χ3v) is 7.32. The van der Waals surface area contributed by atoms with Crippen LogP contribution in [0.1, 0.15) is 43.5 Å². The minimum Gasteiger partial charge on any atom is -0.250 e. The molecule has 2 aromatic heterocycles. The summed E-state index contributed by atoms with van der Waals surface area (Å²) >= 11 is 1.35. The molecule has 0 aliphatic heterocycles. The molecule has 1 N–H and O–H groups in total. The highest BCUT2D eigenvalue weighted by Crippen LogP contribution is 2.29. The van der Waals surface area contributed by atoms with E-state index in [1.807, 2.05) is 17.7 Å². The van der Waals surface area contributed by atoms with Crippen molar-refractivity contribution in [1.29, 1.82) is 0 Å². The van der Waals surface area contributed by atoms with Gasteiger partial charge < -0.3 is 0 Å². The number of aryl methyl sites for hydroxylation is 1. The highest BCUT2D eigenvalue weighted by atomic mass is 32.2. The van der Waals surface area contributed by atoms with E-state index in [4.69, 9.17) is 0 Å². The summed E-state index contributed by atoms with van der Waals surface area (Å²) in [6, 6.07) is 3.93. The van der Waals surface area contributed by atoms with E-state index in [1.165, 1.54) is 17.7 Å². The summed E-state index contributed by atoms with van der Waals surface area (Å²) in [4.78, 5) is 5.06. The van der Waals surface area contributed by atoms with Crippen LogP contribution in [-0.2, 0) is 16.4 Å². The molecule has 6 nitrogen and oxygen atoms in total. The number of rotatable bonds is 5. The van der Waals surface area contributed by atoms with Crippen LogP contribution in [0.25, 0.3) is 0 Å². The van der Waals surface area contributed by atoms with Crippen molar-refractivity contribution in [3.63, 3.8) is 0 Å². The van der Waals surface area contributed by atoms with E-state index < -0.39 is 10.0 Å². The highest BCUT2D eigenvalue weighted by Gasteiger charge is 2.27. The van der Waals surface area contributed by atoms with Gasteiger partial charge in [0.15, 0.2) is 0 Å². The molecule has 1 fully saturated rings. The first-order valence-corrected chi connectivity index (χ1v) is 9.83.